The number of aryl methyl sites for hydroxylation is 2. The number of rotatable bonds is 5. The second kappa shape index (κ2) is 9.28. The lowest BCUT2D eigenvalue weighted by Crippen LogP contribution is -2.14. The van der Waals surface area contributed by atoms with E-state index in [1.165, 1.54) is 5.56 Å². The summed E-state index contributed by atoms with van der Waals surface area (Å²) in [4.78, 5) is 12.8. The van der Waals surface area contributed by atoms with Gasteiger partial charge in [-0.3, -0.25) is 4.79 Å². The Balaban J connectivity index is 1.92. The highest BCUT2D eigenvalue weighted by atomic mass is 16.1. The zero-order valence-corrected chi connectivity index (χ0v) is 19.8. The molecule has 1 heterocycles. The normalized spacial score (nSPS) is 11.8. The average Bonchev–Trinajstić information content (AvgIpc) is 3.04. The number of para-hydroxylation sites is 1. The molecule has 0 aliphatic heterocycles. The van der Waals surface area contributed by atoms with Gasteiger partial charge in [-0.25, -0.2) is 0 Å². The largest absolute Gasteiger partial charge is 0.321 e. The number of carbonyl (C=O) groups is 1. The molecule has 4 nitrogen and oxygen atoms in total. The van der Waals surface area contributed by atoms with Crippen molar-refractivity contribution in [3.63, 3.8) is 0 Å². The van der Waals surface area contributed by atoms with Crippen molar-refractivity contribution in [2.45, 2.75) is 53.4 Å². The summed E-state index contributed by atoms with van der Waals surface area (Å²) < 4.78 is 2.15. The minimum atomic E-state index is -0.396. The zero-order valence-electron chi connectivity index (χ0n) is 19.8. The highest BCUT2D eigenvalue weighted by Crippen LogP contribution is 2.27. The van der Waals surface area contributed by atoms with Gasteiger partial charge in [-0.2, -0.15) is 5.26 Å². The molecule has 3 aromatic rings. The zero-order chi connectivity index (χ0) is 23.5. The minimum Gasteiger partial charge on any atom is -0.321 e. The molecule has 0 bridgehead atoms. The van der Waals surface area contributed by atoms with Crippen LogP contribution < -0.4 is 5.32 Å². The van der Waals surface area contributed by atoms with E-state index in [0.717, 1.165) is 40.3 Å². The molecule has 32 heavy (non-hydrogen) atoms. The van der Waals surface area contributed by atoms with Crippen LogP contribution in [0.2, 0.25) is 0 Å². The third-order valence-corrected chi connectivity index (χ3v) is 5.77. The Morgan fingerprint density at radius 3 is 2.34 bits per heavy atom. The summed E-state index contributed by atoms with van der Waals surface area (Å²) in [5, 5.41) is 12.6. The molecule has 0 fully saturated rings. The summed E-state index contributed by atoms with van der Waals surface area (Å²) >= 11 is 0. The van der Waals surface area contributed by atoms with Crippen LogP contribution in [0.15, 0.2) is 60.2 Å². The van der Waals surface area contributed by atoms with E-state index in [9.17, 15) is 10.1 Å². The highest BCUT2D eigenvalue weighted by Gasteiger charge is 2.16. The number of hydrogen-bond acceptors (Lipinski definition) is 2. The Kier molecular flexibility index (Phi) is 6.69. The molecule has 0 radical (unpaired) electrons. The van der Waals surface area contributed by atoms with Gasteiger partial charge in [0.1, 0.15) is 11.6 Å². The summed E-state index contributed by atoms with van der Waals surface area (Å²) in [6, 6.07) is 20.3. The Labute approximate surface area is 191 Å². The number of amides is 1. The fraction of sp³-hybridized carbons (Fsp3) is 0.286. The third kappa shape index (κ3) is 4.84. The van der Waals surface area contributed by atoms with Gasteiger partial charge in [-0.15, -0.1) is 0 Å². The molecule has 0 aliphatic rings. The second-order valence-corrected chi connectivity index (χ2v) is 9.09. The van der Waals surface area contributed by atoms with Crippen LogP contribution in [0.4, 0.5) is 5.69 Å². The third-order valence-electron chi connectivity index (χ3n) is 5.77. The molecule has 2 aromatic carbocycles. The van der Waals surface area contributed by atoms with E-state index in [1.807, 2.05) is 51.1 Å². The lowest BCUT2D eigenvalue weighted by atomic mass is 9.87. The Morgan fingerprint density at radius 1 is 1.09 bits per heavy atom. The number of nitriles is 1. The van der Waals surface area contributed by atoms with E-state index in [0.29, 0.717) is 0 Å². The van der Waals surface area contributed by atoms with Crippen molar-refractivity contribution in [2.75, 3.05) is 5.32 Å². The lowest BCUT2D eigenvalue weighted by Gasteiger charge is -2.20. The predicted octanol–water partition coefficient (Wildman–Crippen LogP) is 6.50. The number of hydrogen-bond donors (Lipinski definition) is 1. The molecule has 164 valence electrons. The van der Waals surface area contributed by atoms with Crippen molar-refractivity contribution >= 4 is 17.7 Å². The first-order valence-corrected chi connectivity index (χ1v) is 11.0. The molecule has 4 heteroatoms. The highest BCUT2D eigenvalue weighted by molar-refractivity contribution is 6.10. The summed E-state index contributed by atoms with van der Waals surface area (Å²) in [5.41, 5.74) is 7.19. The van der Waals surface area contributed by atoms with Crippen LogP contribution in [-0.4, -0.2) is 10.5 Å². The predicted molar refractivity (Wildman–Crippen MR) is 132 cm³/mol. The molecule has 0 saturated carbocycles. The van der Waals surface area contributed by atoms with E-state index in [-0.39, 0.29) is 11.0 Å². The lowest BCUT2D eigenvalue weighted by molar-refractivity contribution is -0.112. The van der Waals surface area contributed by atoms with Crippen molar-refractivity contribution in [3.05, 3.63) is 88.2 Å². The number of carbonyl (C=O) groups excluding carboxylic acids is 1. The van der Waals surface area contributed by atoms with Gasteiger partial charge in [0.15, 0.2) is 0 Å². The monoisotopic (exact) mass is 425 g/mol. The quantitative estimate of drug-likeness (QED) is 0.375. The summed E-state index contributed by atoms with van der Waals surface area (Å²) in [5.74, 6) is -0.396. The van der Waals surface area contributed by atoms with Crippen LogP contribution in [-0.2, 0) is 16.6 Å². The molecule has 3 rings (SSSR count). The molecule has 1 amide bonds. The maximum absolute atomic E-state index is 12.8. The van der Waals surface area contributed by atoms with Gasteiger partial charge in [-0.1, -0.05) is 58.0 Å². The number of nitrogens with zero attached hydrogens (tertiary/aromatic N) is 2. The Hall–Kier alpha value is -3.58. The first-order chi connectivity index (χ1) is 15.2. The van der Waals surface area contributed by atoms with Crippen molar-refractivity contribution in [2.24, 2.45) is 0 Å². The SMILES string of the molecule is CCc1ccccc1NC(=O)/C(C#N)=C\c1cc(C)n(-c2ccc(C(C)(C)C)cc2)c1C. The molecular formula is C28H31N3O. The summed E-state index contributed by atoms with van der Waals surface area (Å²) in [6.45, 7) is 12.7. The van der Waals surface area contributed by atoms with Crippen LogP contribution in [0.3, 0.4) is 0 Å². The van der Waals surface area contributed by atoms with Crippen LogP contribution in [0.5, 0.6) is 0 Å². The van der Waals surface area contributed by atoms with E-state index in [1.54, 1.807) is 6.08 Å². The molecule has 0 spiro atoms. The Bertz CT molecular complexity index is 1200. The van der Waals surface area contributed by atoms with Gasteiger partial charge < -0.3 is 9.88 Å². The van der Waals surface area contributed by atoms with Crippen LogP contribution >= 0.6 is 0 Å². The molecule has 1 aromatic heterocycles. The standard InChI is InChI=1S/C28H31N3O/c1-7-21-10-8-9-11-26(21)30-27(32)23(18-29)17-22-16-19(2)31(20(22)3)25-14-12-24(13-15-25)28(4,5)6/h8-17H,7H2,1-6H3,(H,30,32)/b23-17-. The van der Waals surface area contributed by atoms with Crippen molar-refractivity contribution < 1.29 is 4.79 Å². The van der Waals surface area contributed by atoms with E-state index in [2.05, 4.69) is 61.0 Å². The van der Waals surface area contributed by atoms with Gasteiger partial charge in [0.25, 0.3) is 5.91 Å². The fourth-order valence-corrected chi connectivity index (χ4v) is 3.89. The molecule has 0 unspecified atom stereocenters. The smallest absolute Gasteiger partial charge is 0.266 e. The topological polar surface area (TPSA) is 57.8 Å². The molecule has 0 saturated heterocycles. The van der Waals surface area contributed by atoms with Gasteiger partial charge >= 0.3 is 0 Å². The van der Waals surface area contributed by atoms with Crippen LogP contribution in [0.1, 0.15) is 55.8 Å². The summed E-state index contributed by atoms with van der Waals surface area (Å²) in [6.07, 6.45) is 2.48. The maximum atomic E-state index is 12.8. The molecule has 1 N–H and O–H groups in total. The first-order valence-electron chi connectivity index (χ1n) is 11.0. The van der Waals surface area contributed by atoms with E-state index < -0.39 is 5.91 Å². The Morgan fingerprint density at radius 2 is 1.75 bits per heavy atom. The van der Waals surface area contributed by atoms with Gasteiger partial charge in [0, 0.05) is 22.8 Å². The second-order valence-electron chi connectivity index (χ2n) is 9.09. The number of nitrogens with one attached hydrogen (secondary N) is 1. The van der Waals surface area contributed by atoms with Crippen LogP contribution in [0.25, 0.3) is 11.8 Å². The number of benzene rings is 2. The van der Waals surface area contributed by atoms with Crippen molar-refractivity contribution in [3.8, 4) is 11.8 Å². The number of anilines is 1. The molecular weight excluding hydrogens is 394 g/mol. The van der Waals surface area contributed by atoms with E-state index in [4.69, 9.17) is 0 Å². The van der Waals surface area contributed by atoms with Crippen LogP contribution in [0, 0.1) is 25.2 Å². The number of aromatic nitrogens is 1. The fourth-order valence-electron chi connectivity index (χ4n) is 3.89. The van der Waals surface area contributed by atoms with E-state index >= 15 is 0 Å². The van der Waals surface area contributed by atoms with Gasteiger partial charge in [0.05, 0.1) is 0 Å². The van der Waals surface area contributed by atoms with Crippen molar-refractivity contribution in [1.82, 2.24) is 4.57 Å². The first kappa shape index (κ1) is 23.1. The minimum absolute atomic E-state index is 0.0826. The molecule has 0 aliphatic carbocycles. The summed E-state index contributed by atoms with van der Waals surface area (Å²) in [7, 11) is 0. The van der Waals surface area contributed by atoms with Crippen molar-refractivity contribution in [1.29, 1.82) is 5.26 Å². The maximum Gasteiger partial charge on any atom is 0.266 e. The molecule has 0 atom stereocenters. The average molecular weight is 426 g/mol. The van der Waals surface area contributed by atoms with Gasteiger partial charge in [-0.05, 0) is 72.7 Å². The van der Waals surface area contributed by atoms with Gasteiger partial charge in [0.2, 0.25) is 0 Å².